The average Bonchev–Trinajstić information content (AvgIpc) is 2.67. The number of rotatable bonds is 5. The van der Waals surface area contributed by atoms with Crippen molar-refractivity contribution in [2.75, 3.05) is 26.2 Å². The van der Waals surface area contributed by atoms with E-state index in [9.17, 15) is 9.18 Å². The number of hydrogen-bond donors (Lipinski definition) is 1. The van der Waals surface area contributed by atoms with Gasteiger partial charge in [-0.25, -0.2) is 8.78 Å². The molecular weight excluding hydrogens is 394 g/mol. The van der Waals surface area contributed by atoms with Gasteiger partial charge in [-0.3, -0.25) is 9.69 Å². The van der Waals surface area contributed by atoms with Crippen molar-refractivity contribution in [3.8, 4) is 0 Å². The Morgan fingerprint density at radius 1 is 1.28 bits per heavy atom. The second-order valence-electron chi connectivity index (χ2n) is 9.59. The lowest BCUT2D eigenvalue weighted by Gasteiger charge is -2.57. The third-order valence-corrected chi connectivity index (χ3v) is 7.65. The Kier molecular flexibility index (Phi) is 5.49. The fraction of sp³-hybridized carbons (Fsp3) is 0.609. The van der Waals surface area contributed by atoms with Crippen molar-refractivity contribution in [2.45, 2.75) is 45.2 Å². The zero-order valence-electron chi connectivity index (χ0n) is 17.1. The molecule has 0 unspecified atom stereocenters. The Balaban J connectivity index is 1.27. The van der Waals surface area contributed by atoms with Crippen LogP contribution >= 0.6 is 11.6 Å². The van der Waals surface area contributed by atoms with E-state index in [0.717, 1.165) is 24.6 Å². The van der Waals surface area contributed by atoms with Crippen LogP contribution in [0.25, 0.3) is 0 Å². The van der Waals surface area contributed by atoms with Crippen LogP contribution in [0.5, 0.6) is 0 Å². The molecule has 1 heterocycles. The number of nitrogens with zero attached hydrogens (tertiary/aromatic N) is 1. The number of likely N-dealkylation sites (tertiary alicyclic amines) is 1. The minimum atomic E-state index is -1.43. The number of halogens is 3. The number of carbonyl (C=O) groups is 1. The van der Waals surface area contributed by atoms with Gasteiger partial charge < -0.3 is 5.32 Å². The average molecular weight is 423 g/mol. The second kappa shape index (κ2) is 7.66. The molecule has 0 aromatic heterocycles. The predicted molar refractivity (Wildman–Crippen MR) is 111 cm³/mol. The van der Waals surface area contributed by atoms with E-state index in [-0.39, 0.29) is 17.1 Å². The lowest BCUT2D eigenvalue weighted by Crippen LogP contribution is -2.52. The maximum absolute atomic E-state index is 15.2. The number of hydrogen-bond acceptors (Lipinski definition) is 2. The highest BCUT2D eigenvalue weighted by molar-refractivity contribution is 6.31. The number of piperidine rings is 1. The Labute approximate surface area is 176 Å². The summed E-state index contributed by atoms with van der Waals surface area (Å²) in [5, 5.41) is 2.76. The van der Waals surface area contributed by atoms with Gasteiger partial charge in [0.2, 0.25) is 0 Å². The lowest BCUT2D eigenvalue weighted by molar-refractivity contribution is -0.0138. The van der Waals surface area contributed by atoms with E-state index in [2.05, 4.69) is 30.1 Å². The molecule has 1 saturated carbocycles. The van der Waals surface area contributed by atoms with Crippen LogP contribution in [0, 0.1) is 23.1 Å². The van der Waals surface area contributed by atoms with Crippen molar-refractivity contribution in [2.24, 2.45) is 17.3 Å². The first kappa shape index (κ1) is 20.8. The fourth-order valence-electron chi connectivity index (χ4n) is 5.23. The summed E-state index contributed by atoms with van der Waals surface area (Å²) in [4.78, 5) is 14.6. The summed E-state index contributed by atoms with van der Waals surface area (Å²) in [6.07, 6.45) is 5.67. The standard InChI is InChI=1S/C23H29ClF2N2O/c1-22(2)17-4-3-15(20(22)11-17)13-28-7-5-23(26,6-8-28)14-27-21(29)16-9-18(24)12-19(25)10-16/h3,9-10,12,17,20H,4-8,11,13-14H2,1-2H3,(H,27,29)/t17-,20-/m0/s1. The molecule has 2 fully saturated rings. The van der Waals surface area contributed by atoms with Gasteiger partial charge in [0.15, 0.2) is 0 Å². The number of fused-ring (bicyclic) bond motifs is 1. The second-order valence-corrected chi connectivity index (χ2v) is 10.0. The van der Waals surface area contributed by atoms with Gasteiger partial charge in [0.05, 0.1) is 6.54 Å². The number of benzene rings is 1. The highest BCUT2D eigenvalue weighted by Gasteiger charge is 2.51. The normalized spacial score (nSPS) is 27.7. The first-order valence-electron chi connectivity index (χ1n) is 10.5. The molecule has 2 atom stereocenters. The van der Waals surface area contributed by atoms with Gasteiger partial charge in [0.25, 0.3) is 5.91 Å². The minimum Gasteiger partial charge on any atom is -0.349 e. The molecule has 158 valence electrons. The summed E-state index contributed by atoms with van der Waals surface area (Å²) in [7, 11) is 0. The lowest BCUT2D eigenvalue weighted by atomic mass is 9.49. The van der Waals surface area contributed by atoms with E-state index in [4.69, 9.17) is 11.6 Å². The van der Waals surface area contributed by atoms with E-state index in [1.54, 1.807) is 0 Å². The van der Waals surface area contributed by atoms with Crippen LogP contribution < -0.4 is 5.32 Å². The van der Waals surface area contributed by atoms with Gasteiger partial charge in [0.1, 0.15) is 11.5 Å². The molecule has 1 saturated heterocycles. The van der Waals surface area contributed by atoms with E-state index in [1.807, 2.05) is 0 Å². The van der Waals surface area contributed by atoms with Crippen molar-refractivity contribution < 1.29 is 13.6 Å². The molecule has 1 aromatic rings. The van der Waals surface area contributed by atoms with Gasteiger partial charge in [-0.05, 0) is 61.1 Å². The van der Waals surface area contributed by atoms with Gasteiger partial charge >= 0.3 is 0 Å². The molecule has 3 nitrogen and oxygen atoms in total. The predicted octanol–water partition coefficient (Wildman–Crippen LogP) is 5.01. The smallest absolute Gasteiger partial charge is 0.251 e. The summed E-state index contributed by atoms with van der Waals surface area (Å²) >= 11 is 5.79. The van der Waals surface area contributed by atoms with E-state index >= 15 is 4.39 Å². The van der Waals surface area contributed by atoms with E-state index in [1.165, 1.54) is 24.5 Å². The molecule has 6 heteroatoms. The van der Waals surface area contributed by atoms with Crippen LogP contribution in [0.1, 0.15) is 49.9 Å². The number of amides is 1. The van der Waals surface area contributed by atoms with E-state index < -0.39 is 17.4 Å². The largest absolute Gasteiger partial charge is 0.349 e. The molecule has 4 aliphatic rings. The van der Waals surface area contributed by atoms with Crippen LogP contribution in [0.3, 0.4) is 0 Å². The molecule has 29 heavy (non-hydrogen) atoms. The fourth-order valence-corrected chi connectivity index (χ4v) is 5.45. The topological polar surface area (TPSA) is 32.3 Å². The quantitative estimate of drug-likeness (QED) is 0.677. The highest BCUT2D eigenvalue weighted by Crippen LogP contribution is 2.59. The monoisotopic (exact) mass is 422 g/mol. The molecule has 0 spiro atoms. The van der Waals surface area contributed by atoms with Gasteiger partial charge in [-0.1, -0.05) is 37.1 Å². The molecule has 0 radical (unpaired) electrons. The van der Waals surface area contributed by atoms with Gasteiger partial charge in [0, 0.05) is 30.2 Å². The van der Waals surface area contributed by atoms with Crippen molar-refractivity contribution in [3.63, 3.8) is 0 Å². The van der Waals surface area contributed by atoms with Crippen LogP contribution in [-0.2, 0) is 0 Å². The van der Waals surface area contributed by atoms with Crippen LogP contribution in [0.4, 0.5) is 8.78 Å². The van der Waals surface area contributed by atoms with Crippen molar-refractivity contribution >= 4 is 17.5 Å². The summed E-state index contributed by atoms with van der Waals surface area (Å²) < 4.78 is 28.6. The number of nitrogens with one attached hydrogen (secondary N) is 1. The number of alkyl halides is 1. The zero-order chi connectivity index (χ0) is 20.8. The molecule has 1 aliphatic heterocycles. The Morgan fingerprint density at radius 2 is 2.00 bits per heavy atom. The van der Waals surface area contributed by atoms with E-state index in [0.29, 0.717) is 37.3 Å². The molecule has 1 N–H and O–H groups in total. The third kappa shape index (κ3) is 4.22. The Morgan fingerprint density at radius 3 is 2.62 bits per heavy atom. The van der Waals surface area contributed by atoms with Crippen LogP contribution in [-0.4, -0.2) is 42.7 Å². The number of carbonyl (C=O) groups excluding carboxylic acids is 1. The first-order valence-corrected chi connectivity index (χ1v) is 10.9. The molecule has 2 bridgehead atoms. The summed E-state index contributed by atoms with van der Waals surface area (Å²) in [5.74, 6) is 0.423. The first-order chi connectivity index (χ1) is 13.7. The van der Waals surface area contributed by atoms with Crippen molar-refractivity contribution in [3.05, 3.63) is 46.3 Å². The molecular formula is C23H29ClF2N2O. The zero-order valence-corrected chi connectivity index (χ0v) is 17.9. The molecule has 5 rings (SSSR count). The summed E-state index contributed by atoms with van der Waals surface area (Å²) in [6.45, 7) is 6.99. The summed E-state index contributed by atoms with van der Waals surface area (Å²) in [5.41, 5.74) is 0.626. The molecule has 3 aliphatic carbocycles. The van der Waals surface area contributed by atoms with Crippen molar-refractivity contribution in [1.29, 1.82) is 0 Å². The summed E-state index contributed by atoms with van der Waals surface area (Å²) in [6, 6.07) is 3.63. The Hall–Kier alpha value is -1.46. The minimum absolute atomic E-state index is 0.0617. The number of allylic oxidation sites excluding steroid dienone is 1. The highest BCUT2D eigenvalue weighted by atomic mass is 35.5. The molecule has 1 aromatic carbocycles. The maximum atomic E-state index is 15.2. The Bertz CT molecular complexity index is 810. The van der Waals surface area contributed by atoms with Gasteiger partial charge in [-0.2, -0.15) is 0 Å². The van der Waals surface area contributed by atoms with Crippen LogP contribution in [0.2, 0.25) is 5.02 Å². The van der Waals surface area contributed by atoms with Crippen LogP contribution in [0.15, 0.2) is 29.8 Å². The SMILES string of the molecule is CC1(C)[C@H]2CC=C(CN3CCC(F)(CNC(=O)c4cc(F)cc(Cl)c4)CC3)[C@@H]1C2. The van der Waals surface area contributed by atoms with Gasteiger partial charge in [-0.15, -0.1) is 0 Å². The van der Waals surface area contributed by atoms with Crippen molar-refractivity contribution in [1.82, 2.24) is 10.2 Å². The molecule has 1 amide bonds. The maximum Gasteiger partial charge on any atom is 0.251 e. The third-order valence-electron chi connectivity index (χ3n) is 7.43.